The van der Waals surface area contributed by atoms with Crippen LogP contribution in [0.2, 0.25) is 0 Å². The van der Waals surface area contributed by atoms with Crippen molar-refractivity contribution in [3.8, 4) is 0 Å². The van der Waals surface area contributed by atoms with Gasteiger partial charge in [-0.2, -0.15) is 0 Å². The SMILES string of the molecule is CCC(C)[C@@H]1NC(=O)C(c2c[nH]c3ccccc3c2=O)NC(=O)[C@H](CCCCCC(=O)C(C)O)NC(=O)[C@H]2CCCCN2C1=O. The molecule has 1 aromatic heterocycles. The number of pyridine rings is 1. The van der Waals surface area contributed by atoms with Gasteiger partial charge in [-0.05, 0) is 57.1 Å². The molecule has 0 saturated carbocycles. The number of carbonyl (C=O) groups is 5. The number of piperidine rings is 1. The fourth-order valence-electron chi connectivity index (χ4n) is 6.06. The Balaban J connectivity index is 1.70. The number of fused-ring (bicyclic) bond motifs is 2. The minimum atomic E-state index is -1.44. The summed E-state index contributed by atoms with van der Waals surface area (Å²) in [6, 6.07) is 2.59. The summed E-state index contributed by atoms with van der Waals surface area (Å²) in [5.74, 6) is -2.68. The summed E-state index contributed by atoms with van der Waals surface area (Å²) in [6.07, 6.45) is 4.76. The van der Waals surface area contributed by atoms with Crippen LogP contribution in [0.3, 0.4) is 0 Å². The summed E-state index contributed by atoms with van der Waals surface area (Å²) in [7, 11) is 0. The lowest BCUT2D eigenvalue weighted by atomic mass is 9.93. The Kier molecular flexibility index (Phi) is 11.5. The highest BCUT2D eigenvalue weighted by Gasteiger charge is 2.41. The molecular formula is C33H45N5O7. The first-order chi connectivity index (χ1) is 21.5. The highest BCUT2D eigenvalue weighted by Crippen LogP contribution is 2.23. The molecule has 0 spiro atoms. The fraction of sp³-hybridized carbons (Fsp3) is 0.576. The number of aromatic nitrogens is 1. The van der Waals surface area contributed by atoms with Crippen molar-refractivity contribution in [2.75, 3.05) is 6.54 Å². The van der Waals surface area contributed by atoms with Gasteiger partial charge in [0, 0.05) is 35.6 Å². The van der Waals surface area contributed by atoms with Gasteiger partial charge in [0.05, 0.1) is 0 Å². The number of H-pyrrole nitrogens is 1. The molecule has 1 aromatic carbocycles. The molecule has 4 rings (SSSR count). The number of hydrogen-bond donors (Lipinski definition) is 5. The number of unbranched alkanes of at least 4 members (excludes halogenated alkanes) is 2. The summed E-state index contributed by atoms with van der Waals surface area (Å²) >= 11 is 0. The number of benzene rings is 1. The molecule has 0 aliphatic carbocycles. The molecule has 45 heavy (non-hydrogen) atoms. The van der Waals surface area contributed by atoms with Crippen molar-refractivity contribution in [3.05, 3.63) is 46.2 Å². The summed E-state index contributed by atoms with van der Waals surface area (Å²) in [6.45, 7) is 5.51. The number of ketones is 1. The van der Waals surface area contributed by atoms with Gasteiger partial charge in [0.2, 0.25) is 23.6 Å². The molecule has 244 valence electrons. The maximum atomic E-state index is 14.0. The van der Waals surface area contributed by atoms with Gasteiger partial charge < -0.3 is 30.9 Å². The second-order valence-electron chi connectivity index (χ2n) is 12.3. The molecule has 2 fully saturated rings. The Labute approximate surface area is 262 Å². The van der Waals surface area contributed by atoms with Crippen molar-refractivity contribution >= 4 is 40.3 Å². The van der Waals surface area contributed by atoms with Gasteiger partial charge in [-0.1, -0.05) is 45.2 Å². The number of Topliss-reactive ketones (excluding diaryl/α,β-unsaturated/α-hetero) is 1. The van der Waals surface area contributed by atoms with E-state index in [0.29, 0.717) is 56.0 Å². The zero-order chi connectivity index (χ0) is 32.7. The predicted octanol–water partition coefficient (Wildman–Crippen LogP) is 2.00. The standard InChI is InChI=1S/C33H45N5O7/c1-4-19(2)27-33(45)38-17-11-10-15-25(38)31(43)35-24(14-6-5-7-16-26(40)20(3)39)30(42)37-28(32(44)36-27)22-18-34-23-13-9-8-12-21(23)29(22)41/h8-9,12-13,18-20,24-25,27-28,39H,4-7,10-11,14-17H2,1-3H3,(H,34,41)(H,35,43)(H,36,44)(H,37,42)/t19?,20?,24-,25+,27-,28?/m0/s1. The van der Waals surface area contributed by atoms with E-state index in [1.165, 1.54) is 18.0 Å². The molecule has 4 amide bonds. The van der Waals surface area contributed by atoms with Crippen LogP contribution in [0.4, 0.5) is 0 Å². The van der Waals surface area contributed by atoms with Gasteiger partial charge in [-0.25, -0.2) is 0 Å². The van der Waals surface area contributed by atoms with Gasteiger partial charge in [0.15, 0.2) is 11.2 Å². The number of rotatable bonds is 10. The van der Waals surface area contributed by atoms with E-state index in [-0.39, 0.29) is 36.0 Å². The first kappa shape index (κ1) is 33.8. The normalized spacial score (nSPS) is 24.4. The van der Waals surface area contributed by atoms with E-state index in [9.17, 15) is 33.9 Å². The van der Waals surface area contributed by atoms with Crippen LogP contribution < -0.4 is 21.4 Å². The number of aliphatic hydroxyl groups is 1. The van der Waals surface area contributed by atoms with Gasteiger partial charge >= 0.3 is 0 Å². The Bertz CT molecular complexity index is 1470. The third-order valence-corrected chi connectivity index (χ3v) is 9.06. The number of nitrogens with zero attached hydrogens (tertiary/aromatic N) is 1. The molecule has 0 bridgehead atoms. The third-order valence-electron chi connectivity index (χ3n) is 9.06. The highest BCUT2D eigenvalue weighted by atomic mass is 16.3. The van der Waals surface area contributed by atoms with Crippen LogP contribution in [0.5, 0.6) is 0 Å². The van der Waals surface area contributed by atoms with Crippen LogP contribution in [-0.4, -0.2) is 75.2 Å². The minimum absolute atomic E-state index is 0.00419. The maximum absolute atomic E-state index is 14.0. The smallest absolute Gasteiger partial charge is 0.248 e. The van der Waals surface area contributed by atoms with Gasteiger partial charge in [-0.15, -0.1) is 0 Å². The van der Waals surface area contributed by atoms with E-state index in [0.717, 1.165) is 6.42 Å². The van der Waals surface area contributed by atoms with Gasteiger partial charge in [0.25, 0.3) is 0 Å². The molecule has 3 heterocycles. The molecule has 0 radical (unpaired) electrons. The number of hydrogen-bond acceptors (Lipinski definition) is 7. The monoisotopic (exact) mass is 623 g/mol. The number of nitrogens with one attached hydrogen (secondary N) is 4. The second kappa shape index (κ2) is 15.3. The molecule has 12 heteroatoms. The van der Waals surface area contributed by atoms with Crippen molar-refractivity contribution in [2.45, 2.75) is 109 Å². The number of carbonyl (C=O) groups excluding carboxylic acids is 5. The van der Waals surface area contributed by atoms with Crippen LogP contribution >= 0.6 is 0 Å². The summed E-state index contributed by atoms with van der Waals surface area (Å²) in [5, 5.41) is 18.2. The van der Waals surface area contributed by atoms with Crippen LogP contribution in [-0.2, 0) is 24.0 Å². The third kappa shape index (κ3) is 7.97. The number of aliphatic hydroxyl groups excluding tert-OH is 1. The average Bonchev–Trinajstić information content (AvgIpc) is 3.04. The van der Waals surface area contributed by atoms with E-state index in [2.05, 4.69) is 20.9 Å². The molecule has 2 aliphatic rings. The zero-order valence-corrected chi connectivity index (χ0v) is 26.3. The Morgan fingerprint density at radius 2 is 1.71 bits per heavy atom. The van der Waals surface area contributed by atoms with Crippen molar-refractivity contribution in [1.29, 1.82) is 0 Å². The van der Waals surface area contributed by atoms with Crippen molar-refractivity contribution in [2.24, 2.45) is 5.92 Å². The Hall–Kier alpha value is -4.06. The lowest BCUT2D eigenvalue weighted by molar-refractivity contribution is -0.147. The predicted molar refractivity (Wildman–Crippen MR) is 168 cm³/mol. The quantitative estimate of drug-likeness (QED) is 0.251. The number of aromatic amines is 1. The summed E-state index contributed by atoms with van der Waals surface area (Å²) in [4.78, 5) is 85.5. The van der Waals surface area contributed by atoms with Crippen LogP contribution in [0, 0.1) is 5.92 Å². The molecule has 2 saturated heterocycles. The van der Waals surface area contributed by atoms with E-state index in [4.69, 9.17) is 0 Å². The molecule has 12 nitrogen and oxygen atoms in total. The zero-order valence-electron chi connectivity index (χ0n) is 26.3. The molecule has 6 atom stereocenters. The number of para-hydroxylation sites is 1. The van der Waals surface area contributed by atoms with Gasteiger partial charge in [-0.3, -0.25) is 28.8 Å². The first-order valence-electron chi connectivity index (χ1n) is 16.1. The second-order valence-corrected chi connectivity index (χ2v) is 12.3. The largest absolute Gasteiger partial charge is 0.386 e. The van der Waals surface area contributed by atoms with Crippen LogP contribution in [0.15, 0.2) is 35.3 Å². The highest BCUT2D eigenvalue weighted by molar-refractivity contribution is 5.98. The van der Waals surface area contributed by atoms with Crippen LogP contribution in [0.1, 0.15) is 90.2 Å². The Morgan fingerprint density at radius 3 is 2.44 bits per heavy atom. The molecule has 2 aromatic rings. The van der Waals surface area contributed by atoms with Crippen LogP contribution in [0.25, 0.3) is 10.9 Å². The maximum Gasteiger partial charge on any atom is 0.248 e. The summed E-state index contributed by atoms with van der Waals surface area (Å²) < 4.78 is 0. The van der Waals surface area contributed by atoms with E-state index in [1.54, 1.807) is 24.3 Å². The van der Waals surface area contributed by atoms with Crippen molar-refractivity contribution in [3.63, 3.8) is 0 Å². The first-order valence-corrected chi connectivity index (χ1v) is 16.1. The molecular weight excluding hydrogens is 578 g/mol. The van der Waals surface area contributed by atoms with Crippen molar-refractivity contribution in [1.82, 2.24) is 25.8 Å². The average molecular weight is 624 g/mol. The van der Waals surface area contributed by atoms with Gasteiger partial charge in [0.1, 0.15) is 30.3 Å². The van der Waals surface area contributed by atoms with E-state index < -0.39 is 53.4 Å². The molecule has 3 unspecified atom stereocenters. The molecule has 5 N–H and O–H groups in total. The number of amides is 4. The van der Waals surface area contributed by atoms with E-state index in [1.807, 2.05) is 13.8 Å². The topological polar surface area (TPSA) is 178 Å². The lowest BCUT2D eigenvalue weighted by Gasteiger charge is -2.39. The fourth-order valence-corrected chi connectivity index (χ4v) is 6.06. The summed E-state index contributed by atoms with van der Waals surface area (Å²) in [5.41, 5.74) is 0.126. The Morgan fingerprint density at radius 1 is 0.956 bits per heavy atom. The lowest BCUT2D eigenvalue weighted by Crippen LogP contribution is -2.62. The molecule has 2 aliphatic heterocycles. The van der Waals surface area contributed by atoms with E-state index >= 15 is 0 Å². The van der Waals surface area contributed by atoms with Crippen molar-refractivity contribution < 1.29 is 29.1 Å². The minimum Gasteiger partial charge on any atom is -0.386 e.